The minimum absolute atomic E-state index is 0.0653. The summed E-state index contributed by atoms with van der Waals surface area (Å²) in [6.45, 7) is 4.66. The molecule has 0 aliphatic rings. The number of aromatic nitrogens is 1. The highest BCUT2D eigenvalue weighted by Gasteiger charge is 2.20. The van der Waals surface area contributed by atoms with Crippen LogP contribution in [0.4, 0.5) is 11.4 Å². The average molecular weight is 484 g/mol. The Morgan fingerprint density at radius 2 is 1.51 bits per heavy atom. The molecule has 4 aromatic carbocycles. The van der Waals surface area contributed by atoms with Gasteiger partial charge in [-0.05, 0) is 67.9 Å². The second-order valence-electron chi connectivity index (χ2n) is 8.40. The van der Waals surface area contributed by atoms with E-state index < -0.39 is 10.0 Å². The summed E-state index contributed by atoms with van der Waals surface area (Å²) < 4.78 is 30.8. The van der Waals surface area contributed by atoms with Crippen molar-refractivity contribution in [3.8, 4) is 0 Å². The summed E-state index contributed by atoms with van der Waals surface area (Å²) in [6, 6.07) is 27.4. The maximum atomic E-state index is 13.1. The summed E-state index contributed by atoms with van der Waals surface area (Å²) in [5.74, 6) is -0.375. The van der Waals surface area contributed by atoms with Crippen molar-refractivity contribution in [2.45, 2.75) is 25.3 Å². The molecule has 1 heterocycles. The quantitative estimate of drug-likeness (QED) is 0.303. The Morgan fingerprint density at radius 1 is 0.800 bits per heavy atom. The third kappa shape index (κ3) is 4.26. The summed E-state index contributed by atoms with van der Waals surface area (Å²) in [5, 5.41) is 5.10. The third-order valence-corrected chi connectivity index (χ3v) is 7.64. The van der Waals surface area contributed by atoms with Gasteiger partial charge in [0.2, 0.25) is 0 Å². The van der Waals surface area contributed by atoms with Crippen LogP contribution in [0.3, 0.4) is 0 Å². The fraction of sp³-hybridized carbons (Fsp3) is 0.107. The topological polar surface area (TPSA) is 80.2 Å². The summed E-state index contributed by atoms with van der Waals surface area (Å²) in [7, 11) is -3.86. The van der Waals surface area contributed by atoms with Gasteiger partial charge in [0.05, 0.1) is 4.90 Å². The highest BCUT2D eigenvalue weighted by atomic mass is 32.2. The predicted molar refractivity (Wildman–Crippen MR) is 142 cm³/mol. The summed E-state index contributed by atoms with van der Waals surface area (Å²) in [5.41, 5.74) is 4.17. The number of nitrogens with one attached hydrogen (secondary N) is 2. The molecule has 0 bridgehead atoms. The number of sulfonamides is 1. The number of benzene rings is 4. The van der Waals surface area contributed by atoms with Gasteiger partial charge in [-0.2, -0.15) is 0 Å². The second kappa shape index (κ2) is 8.92. The Labute approximate surface area is 204 Å². The molecule has 2 N–H and O–H groups in total. The Bertz CT molecular complexity index is 1670. The number of hydrogen-bond acceptors (Lipinski definition) is 3. The Morgan fingerprint density at radius 3 is 2.29 bits per heavy atom. The molecule has 1 amide bonds. The minimum atomic E-state index is -3.86. The highest BCUT2D eigenvalue weighted by Crippen LogP contribution is 2.31. The van der Waals surface area contributed by atoms with E-state index >= 15 is 0 Å². The van der Waals surface area contributed by atoms with Gasteiger partial charge >= 0.3 is 0 Å². The Hall–Kier alpha value is -4.10. The minimum Gasteiger partial charge on any atom is -0.341 e. The Kier molecular flexibility index (Phi) is 5.78. The lowest BCUT2D eigenvalue weighted by atomic mass is 10.1. The van der Waals surface area contributed by atoms with Gasteiger partial charge in [-0.25, -0.2) is 8.42 Å². The summed E-state index contributed by atoms with van der Waals surface area (Å²) >= 11 is 0. The number of aryl methyl sites for hydroxylation is 2. The number of fused-ring (bicyclic) bond motifs is 3. The van der Waals surface area contributed by atoms with Crippen LogP contribution < -0.4 is 10.0 Å². The first-order valence-corrected chi connectivity index (χ1v) is 12.9. The fourth-order valence-corrected chi connectivity index (χ4v) is 5.75. The van der Waals surface area contributed by atoms with Crippen molar-refractivity contribution < 1.29 is 13.2 Å². The number of para-hydroxylation sites is 2. The Balaban J connectivity index is 1.46. The van der Waals surface area contributed by atoms with Crippen LogP contribution in [0.25, 0.3) is 21.8 Å². The van der Waals surface area contributed by atoms with Gasteiger partial charge in [0.15, 0.2) is 0 Å². The molecule has 1 aromatic heterocycles. The highest BCUT2D eigenvalue weighted by molar-refractivity contribution is 7.92. The van der Waals surface area contributed by atoms with E-state index in [0.717, 1.165) is 28.4 Å². The van der Waals surface area contributed by atoms with Gasteiger partial charge in [0.1, 0.15) is 0 Å². The van der Waals surface area contributed by atoms with Gasteiger partial charge in [0, 0.05) is 45.3 Å². The van der Waals surface area contributed by atoms with Crippen LogP contribution >= 0.6 is 0 Å². The van der Waals surface area contributed by atoms with Crippen molar-refractivity contribution in [2.75, 3.05) is 10.0 Å². The molecule has 0 saturated carbocycles. The van der Waals surface area contributed by atoms with Crippen LogP contribution in [-0.4, -0.2) is 18.9 Å². The zero-order valence-corrected chi connectivity index (χ0v) is 20.3. The van der Waals surface area contributed by atoms with Gasteiger partial charge in [0.25, 0.3) is 15.9 Å². The lowest BCUT2D eigenvalue weighted by Gasteiger charge is -2.12. The molecule has 0 radical (unpaired) electrons. The summed E-state index contributed by atoms with van der Waals surface area (Å²) in [6.07, 6.45) is 0. The van der Waals surface area contributed by atoms with Crippen molar-refractivity contribution >= 4 is 49.1 Å². The zero-order valence-electron chi connectivity index (χ0n) is 19.4. The van der Waals surface area contributed by atoms with Crippen LogP contribution in [0, 0.1) is 6.92 Å². The lowest BCUT2D eigenvalue weighted by molar-refractivity contribution is 0.102. The van der Waals surface area contributed by atoms with Crippen molar-refractivity contribution in [3.05, 3.63) is 102 Å². The largest absolute Gasteiger partial charge is 0.341 e. The lowest BCUT2D eigenvalue weighted by Crippen LogP contribution is -2.17. The number of hydrogen-bond donors (Lipinski definition) is 2. The van der Waals surface area contributed by atoms with Crippen LogP contribution in [-0.2, 0) is 16.6 Å². The maximum Gasteiger partial charge on any atom is 0.262 e. The zero-order chi connectivity index (χ0) is 24.6. The molecular formula is C28H25N3O3S. The smallest absolute Gasteiger partial charge is 0.262 e. The maximum absolute atomic E-state index is 13.1. The van der Waals surface area contributed by atoms with Crippen molar-refractivity contribution in [3.63, 3.8) is 0 Å². The molecule has 5 rings (SSSR count). The van der Waals surface area contributed by atoms with Gasteiger partial charge in [-0.1, -0.05) is 42.5 Å². The molecule has 5 aromatic rings. The molecule has 0 fully saturated rings. The fourth-order valence-electron chi connectivity index (χ4n) is 4.42. The van der Waals surface area contributed by atoms with Crippen LogP contribution in [0.5, 0.6) is 0 Å². The van der Waals surface area contributed by atoms with Crippen molar-refractivity contribution in [2.24, 2.45) is 0 Å². The van der Waals surface area contributed by atoms with E-state index in [4.69, 9.17) is 0 Å². The van der Waals surface area contributed by atoms with Gasteiger partial charge in [-0.3, -0.25) is 9.52 Å². The molecule has 0 spiro atoms. The van der Waals surface area contributed by atoms with E-state index in [9.17, 15) is 13.2 Å². The van der Waals surface area contributed by atoms with Crippen LogP contribution in [0.15, 0.2) is 95.9 Å². The van der Waals surface area contributed by atoms with Gasteiger partial charge in [-0.15, -0.1) is 0 Å². The first-order valence-electron chi connectivity index (χ1n) is 11.4. The molecule has 6 nitrogen and oxygen atoms in total. The van der Waals surface area contributed by atoms with Crippen molar-refractivity contribution in [1.82, 2.24) is 4.57 Å². The third-order valence-electron chi connectivity index (χ3n) is 6.11. The van der Waals surface area contributed by atoms with E-state index in [2.05, 4.69) is 33.7 Å². The predicted octanol–water partition coefficient (Wildman–Crippen LogP) is 6.18. The SMILES string of the molecule is CCn1c2ccccc2c2cc(NC(=O)c3ccc(C)c(S(=O)(=O)Nc4ccccc4)c3)ccc21. The van der Waals surface area contributed by atoms with E-state index in [0.29, 0.717) is 16.9 Å². The first kappa shape index (κ1) is 22.7. The average Bonchev–Trinajstić information content (AvgIpc) is 3.17. The molecule has 7 heteroatoms. The molecule has 0 atom stereocenters. The van der Waals surface area contributed by atoms with Crippen LogP contribution in [0.1, 0.15) is 22.8 Å². The standard InChI is InChI=1S/C28H25N3O3S/c1-3-31-25-12-8-7-11-23(25)24-18-22(15-16-26(24)31)29-28(32)20-14-13-19(2)27(17-20)35(33,34)30-21-9-5-4-6-10-21/h4-18,30H,3H2,1-2H3,(H,29,32). The number of nitrogens with zero attached hydrogens (tertiary/aromatic N) is 1. The molecule has 0 aliphatic carbocycles. The summed E-state index contributed by atoms with van der Waals surface area (Å²) in [4.78, 5) is 13.2. The van der Waals surface area contributed by atoms with Crippen LogP contribution in [0.2, 0.25) is 0 Å². The molecule has 176 valence electrons. The molecular weight excluding hydrogens is 458 g/mol. The number of anilines is 2. The van der Waals surface area contributed by atoms with Gasteiger partial charge < -0.3 is 9.88 Å². The second-order valence-corrected chi connectivity index (χ2v) is 10.1. The monoisotopic (exact) mass is 483 g/mol. The van der Waals surface area contributed by atoms with Crippen molar-refractivity contribution in [1.29, 1.82) is 0 Å². The molecule has 0 saturated heterocycles. The first-order chi connectivity index (χ1) is 16.9. The van der Waals surface area contributed by atoms with E-state index in [1.807, 2.05) is 36.4 Å². The molecule has 0 aliphatic heterocycles. The number of carbonyl (C=O) groups excluding carboxylic acids is 1. The number of rotatable bonds is 6. The number of amides is 1. The van der Waals surface area contributed by atoms with E-state index in [1.165, 1.54) is 6.07 Å². The van der Waals surface area contributed by atoms with E-state index in [1.54, 1.807) is 43.3 Å². The van der Waals surface area contributed by atoms with E-state index in [-0.39, 0.29) is 16.4 Å². The molecule has 35 heavy (non-hydrogen) atoms. The molecule has 0 unspecified atom stereocenters. The normalized spacial score (nSPS) is 11.6. The number of carbonyl (C=O) groups is 1.